The number of aromatic nitrogens is 1. The highest BCUT2D eigenvalue weighted by molar-refractivity contribution is 6.34. The molecule has 1 aromatic heterocycles. The second kappa shape index (κ2) is 6.37. The standard InChI is InChI=1S/C11H10Cl2N2O/c1-2-3-4-7-14-11(16)8-5-6-9(12)15-10(8)13/h1,5-6H,3-4,7H2,(H,14,16). The summed E-state index contributed by atoms with van der Waals surface area (Å²) in [6.07, 6.45) is 6.46. The van der Waals surface area contributed by atoms with Crippen molar-refractivity contribution in [3.05, 3.63) is 28.0 Å². The molecule has 1 rings (SSSR count). The maximum Gasteiger partial charge on any atom is 0.254 e. The van der Waals surface area contributed by atoms with Gasteiger partial charge in [-0.1, -0.05) is 23.2 Å². The van der Waals surface area contributed by atoms with Crippen molar-refractivity contribution in [2.45, 2.75) is 12.8 Å². The van der Waals surface area contributed by atoms with Crippen LogP contribution in [0.15, 0.2) is 12.1 Å². The zero-order valence-corrected chi connectivity index (χ0v) is 9.98. The van der Waals surface area contributed by atoms with Gasteiger partial charge in [0.15, 0.2) is 0 Å². The van der Waals surface area contributed by atoms with Gasteiger partial charge in [0.25, 0.3) is 5.91 Å². The van der Waals surface area contributed by atoms with Crippen molar-refractivity contribution in [3.63, 3.8) is 0 Å². The summed E-state index contributed by atoms with van der Waals surface area (Å²) in [5.41, 5.74) is 0.312. The van der Waals surface area contributed by atoms with E-state index in [1.807, 2.05) is 0 Å². The molecule has 0 bridgehead atoms. The highest BCUT2D eigenvalue weighted by atomic mass is 35.5. The van der Waals surface area contributed by atoms with Crippen molar-refractivity contribution in [1.82, 2.24) is 10.3 Å². The zero-order valence-electron chi connectivity index (χ0n) is 8.46. The molecule has 0 aliphatic heterocycles. The summed E-state index contributed by atoms with van der Waals surface area (Å²) in [5, 5.41) is 3.05. The van der Waals surface area contributed by atoms with Gasteiger partial charge in [-0.3, -0.25) is 4.79 Å². The number of rotatable bonds is 4. The number of hydrogen-bond acceptors (Lipinski definition) is 2. The summed E-state index contributed by atoms with van der Waals surface area (Å²) in [7, 11) is 0. The first-order chi connectivity index (χ1) is 7.65. The number of halogens is 2. The first-order valence-corrected chi connectivity index (χ1v) is 5.44. The fourth-order valence-electron chi connectivity index (χ4n) is 1.07. The molecule has 0 fully saturated rings. The minimum atomic E-state index is -0.272. The Kier molecular flexibility index (Phi) is 5.10. The number of pyridine rings is 1. The van der Waals surface area contributed by atoms with E-state index in [4.69, 9.17) is 29.6 Å². The second-order valence-corrected chi connectivity index (χ2v) is 3.78. The predicted octanol–water partition coefficient (Wildman–Crippen LogP) is 2.53. The van der Waals surface area contributed by atoms with Gasteiger partial charge in [0.05, 0.1) is 5.56 Å². The number of unbranched alkanes of at least 4 members (excludes halogenated alkanes) is 1. The van der Waals surface area contributed by atoms with Gasteiger partial charge in [0.2, 0.25) is 0 Å². The number of hydrogen-bond donors (Lipinski definition) is 1. The van der Waals surface area contributed by atoms with Crippen molar-refractivity contribution >= 4 is 29.1 Å². The van der Waals surface area contributed by atoms with Crippen LogP contribution in [0.2, 0.25) is 10.3 Å². The van der Waals surface area contributed by atoms with Crippen molar-refractivity contribution in [2.24, 2.45) is 0 Å². The Bertz CT molecular complexity index is 426. The molecule has 1 amide bonds. The number of terminal acetylenes is 1. The molecule has 0 aromatic carbocycles. The Labute approximate surface area is 104 Å². The average Bonchev–Trinajstić information content (AvgIpc) is 2.24. The van der Waals surface area contributed by atoms with Gasteiger partial charge in [0, 0.05) is 13.0 Å². The van der Waals surface area contributed by atoms with Crippen LogP contribution in [0, 0.1) is 12.3 Å². The van der Waals surface area contributed by atoms with E-state index in [9.17, 15) is 4.79 Å². The smallest absolute Gasteiger partial charge is 0.254 e. The largest absolute Gasteiger partial charge is 0.352 e. The first kappa shape index (κ1) is 12.8. The molecular weight excluding hydrogens is 247 g/mol. The Balaban J connectivity index is 2.57. The van der Waals surface area contributed by atoms with E-state index < -0.39 is 0 Å². The Morgan fingerprint density at radius 3 is 2.88 bits per heavy atom. The maximum atomic E-state index is 11.6. The molecule has 0 aliphatic rings. The lowest BCUT2D eigenvalue weighted by Crippen LogP contribution is -2.24. The van der Waals surface area contributed by atoms with E-state index in [-0.39, 0.29) is 16.2 Å². The van der Waals surface area contributed by atoms with Gasteiger partial charge in [-0.2, -0.15) is 0 Å². The van der Waals surface area contributed by atoms with E-state index in [1.165, 1.54) is 12.1 Å². The van der Waals surface area contributed by atoms with Crippen LogP contribution in [-0.4, -0.2) is 17.4 Å². The molecule has 0 saturated carbocycles. The van der Waals surface area contributed by atoms with Crippen LogP contribution in [0.25, 0.3) is 0 Å². The molecule has 0 saturated heterocycles. The number of amides is 1. The number of nitrogens with zero attached hydrogens (tertiary/aromatic N) is 1. The fourth-order valence-corrected chi connectivity index (χ4v) is 1.50. The van der Waals surface area contributed by atoms with E-state index in [1.54, 1.807) is 0 Å². The topological polar surface area (TPSA) is 42.0 Å². The first-order valence-electron chi connectivity index (χ1n) is 4.69. The number of carbonyl (C=O) groups excluding carboxylic acids is 1. The summed E-state index contributed by atoms with van der Waals surface area (Å²) in [4.78, 5) is 15.4. The molecule has 1 heterocycles. The molecule has 5 heteroatoms. The molecule has 0 radical (unpaired) electrons. The Morgan fingerprint density at radius 2 is 2.25 bits per heavy atom. The lowest BCUT2D eigenvalue weighted by atomic mass is 10.2. The minimum Gasteiger partial charge on any atom is -0.352 e. The van der Waals surface area contributed by atoms with Gasteiger partial charge in [-0.25, -0.2) is 4.98 Å². The highest BCUT2D eigenvalue weighted by Gasteiger charge is 2.10. The van der Waals surface area contributed by atoms with Crippen molar-refractivity contribution in [1.29, 1.82) is 0 Å². The maximum absolute atomic E-state index is 11.6. The molecule has 0 atom stereocenters. The fraction of sp³-hybridized carbons (Fsp3) is 0.273. The number of carbonyl (C=O) groups is 1. The van der Waals surface area contributed by atoms with Crippen molar-refractivity contribution in [3.8, 4) is 12.3 Å². The normalized spacial score (nSPS) is 9.56. The van der Waals surface area contributed by atoms with E-state index in [0.717, 1.165) is 6.42 Å². The molecule has 1 N–H and O–H groups in total. The van der Waals surface area contributed by atoms with Gasteiger partial charge < -0.3 is 5.32 Å². The second-order valence-electron chi connectivity index (χ2n) is 3.04. The van der Waals surface area contributed by atoms with E-state index in [0.29, 0.717) is 18.5 Å². The molecule has 3 nitrogen and oxygen atoms in total. The molecule has 0 aliphatic carbocycles. The van der Waals surface area contributed by atoms with Gasteiger partial charge in [0.1, 0.15) is 10.3 Å². The van der Waals surface area contributed by atoms with E-state index >= 15 is 0 Å². The van der Waals surface area contributed by atoms with Crippen LogP contribution in [0.5, 0.6) is 0 Å². The molecule has 0 unspecified atom stereocenters. The summed E-state index contributed by atoms with van der Waals surface area (Å²) >= 11 is 11.4. The molecule has 1 aromatic rings. The third-order valence-electron chi connectivity index (χ3n) is 1.84. The van der Waals surface area contributed by atoms with Crippen molar-refractivity contribution < 1.29 is 4.79 Å². The SMILES string of the molecule is C#CCCCNC(=O)c1ccc(Cl)nc1Cl. The Hall–Kier alpha value is -1.24. The van der Waals surface area contributed by atoms with Crippen molar-refractivity contribution in [2.75, 3.05) is 6.54 Å². The molecule has 84 valence electrons. The molecular formula is C11H10Cl2N2O. The lowest BCUT2D eigenvalue weighted by Gasteiger charge is -2.05. The number of nitrogens with one attached hydrogen (secondary N) is 1. The van der Waals surface area contributed by atoms with Crippen LogP contribution < -0.4 is 5.32 Å². The highest BCUT2D eigenvalue weighted by Crippen LogP contribution is 2.16. The molecule has 16 heavy (non-hydrogen) atoms. The van der Waals surface area contributed by atoms with Gasteiger partial charge in [-0.05, 0) is 18.6 Å². The summed E-state index contributed by atoms with van der Waals surface area (Å²) < 4.78 is 0. The van der Waals surface area contributed by atoms with Crippen LogP contribution in [0.3, 0.4) is 0 Å². The quantitative estimate of drug-likeness (QED) is 0.511. The van der Waals surface area contributed by atoms with Crippen LogP contribution in [0.4, 0.5) is 0 Å². The average molecular weight is 257 g/mol. The van der Waals surface area contributed by atoms with Gasteiger partial charge >= 0.3 is 0 Å². The van der Waals surface area contributed by atoms with Crippen LogP contribution in [0.1, 0.15) is 23.2 Å². The van der Waals surface area contributed by atoms with E-state index in [2.05, 4.69) is 16.2 Å². The predicted molar refractivity (Wildman–Crippen MR) is 64.7 cm³/mol. The Morgan fingerprint density at radius 1 is 1.50 bits per heavy atom. The third kappa shape index (κ3) is 3.73. The van der Waals surface area contributed by atoms with Crippen LogP contribution in [-0.2, 0) is 0 Å². The monoisotopic (exact) mass is 256 g/mol. The third-order valence-corrected chi connectivity index (χ3v) is 2.34. The van der Waals surface area contributed by atoms with Crippen LogP contribution >= 0.6 is 23.2 Å². The van der Waals surface area contributed by atoms with Gasteiger partial charge in [-0.15, -0.1) is 12.3 Å². The minimum absolute atomic E-state index is 0.0990. The summed E-state index contributed by atoms with van der Waals surface area (Å²) in [5.74, 6) is 2.22. The summed E-state index contributed by atoms with van der Waals surface area (Å²) in [6.45, 7) is 0.516. The molecule has 0 spiro atoms. The zero-order chi connectivity index (χ0) is 12.0. The lowest BCUT2D eigenvalue weighted by molar-refractivity contribution is 0.0953. The summed E-state index contributed by atoms with van der Waals surface area (Å²) in [6, 6.07) is 3.05.